The van der Waals surface area contributed by atoms with Crippen LogP contribution in [-0.2, 0) is 0 Å². The fourth-order valence-corrected chi connectivity index (χ4v) is 1.70. The number of halogens is 2. The second-order valence-electron chi connectivity index (χ2n) is 2.92. The molecule has 1 nitrogen and oxygen atoms in total. The molecule has 1 heterocycles. The number of fused-ring (bicyclic) bond motifs is 1. The third-order valence-corrected chi connectivity index (χ3v) is 2.54. The molecule has 0 saturated heterocycles. The van der Waals surface area contributed by atoms with E-state index in [2.05, 4.69) is 4.98 Å². The number of benzene rings is 1. The lowest BCUT2D eigenvalue weighted by molar-refractivity contribution is 1.31. The molecule has 1 aromatic carbocycles. The summed E-state index contributed by atoms with van der Waals surface area (Å²) >= 11 is 11.8. The largest absolute Gasteiger partial charge is 0.244 e. The summed E-state index contributed by atoms with van der Waals surface area (Å²) < 4.78 is 0. The van der Waals surface area contributed by atoms with Gasteiger partial charge in [0.15, 0.2) is 0 Å². The van der Waals surface area contributed by atoms with Crippen molar-refractivity contribution in [2.24, 2.45) is 0 Å². The van der Waals surface area contributed by atoms with Gasteiger partial charge < -0.3 is 0 Å². The SMILES string of the molecule is Cc1cnc(Cl)c2ccc(Cl)cc12. The number of aryl methyl sites for hydroxylation is 1. The standard InChI is InChI=1S/C10H7Cl2N/c1-6-5-13-10(12)8-3-2-7(11)4-9(6)8/h2-5H,1H3. The molecule has 0 N–H and O–H groups in total. The van der Waals surface area contributed by atoms with Crippen molar-refractivity contribution in [1.29, 1.82) is 0 Å². The molecule has 3 heteroatoms. The highest BCUT2D eigenvalue weighted by Crippen LogP contribution is 2.26. The number of rotatable bonds is 0. The maximum Gasteiger partial charge on any atom is 0.136 e. The molecule has 2 aromatic rings. The van der Waals surface area contributed by atoms with Crippen molar-refractivity contribution in [2.45, 2.75) is 6.92 Å². The fourth-order valence-electron chi connectivity index (χ4n) is 1.32. The van der Waals surface area contributed by atoms with Crippen LogP contribution in [0.3, 0.4) is 0 Å². The Morgan fingerprint density at radius 3 is 2.69 bits per heavy atom. The van der Waals surface area contributed by atoms with Crippen molar-refractivity contribution in [3.05, 3.63) is 40.1 Å². The van der Waals surface area contributed by atoms with Gasteiger partial charge in [-0.3, -0.25) is 0 Å². The molecule has 0 aliphatic rings. The van der Waals surface area contributed by atoms with E-state index in [4.69, 9.17) is 23.2 Å². The fraction of sp³-hybridized carbons (Fsp3) is 0.100. The van der Waals surface area contributed by atoms with Gasteiger partial charge in [-0.05, 0) is 36.1 Å². The number of nitrogens with zero attached hydrogens (tertiary/aromatic N) is 1. The summed E-state index contributed by atoms with van der Waals surface area (Å²) in [6, 6.07) is 5.61. The lowest BCUT2D eigenvalue weighted by Crippen LogP contribution is -1.83. The molecule has 66 valence electrons. The quantitative estimate of drug-likeness (QED) is 0.604. The van der Waals surface area contributed by atoms with Gasteiger partial charge >= 0.3 is 0 Å². The first kappa shape index (κ1) is 8.79. The Morgan fingerprint density at radius 1 is 1.15 bits per heavy atom. The molecule has 1 aromatic heterocycles. The topological polar surface area (TPSA) is 12.9 Å². The van der Waals surface area contributed by atoms with E-state index in [0.29, 0.717) is 5.15 Å². The molecule has 0 unspecified atom stereocenters. The van der Waals surface area contributed by atoms with E-state index in [1.165, 1.54) is 0 Å². The minimum absolute atomic E-state index is 0.525. The molecular formula is C10H7Cl2N. The Morgan fingerprint density at radius 2 is 1.92 bits per heavy atom. The van der Waals surface area contributed by atoms with Crippen molar-refractivity contribution >= 4 is 34.0 Å². The third kappa shape index (κ3) is 1.50. The minimum atomic E-state index is 0.525. The van der Waals surface area contributed by atoms with Crippen molar-refractivity contribution in [1.82, 2.24) is 4.98 Å². The number of hydrogen-bond acceptors (Lipinski definition) is 1. The van der Waals surface area contributed by atoms with E-state index in [1.807, 2.05) is 25.1 Å². The first-order valence-electron chi connectivity index (χ1n) is 3.89. The van der Waals surface area contributed by atoms with E-state index < -0.39 is 0 Å². The summed E-state index contributed by atoms with van der Waals surface area (Å²) in [7, 11) is 0. The van der Waals surface area contributed by atoms with Gasteiger partial charge in [-0.2, -0.15) is 0 Å². The Hall–Kier alpha value is -0.790. The predicted octanol–water partition coefficient (Wildman–Crippen LogP) is 3.85. The first-order chi connectivity index (χ1) is 6.18. The number of pyridine rings is 1. The van der Waals surface area contributed by atoms with Crippen molar-refractivity contribution < 1.29 is 0 Å². The highest BCUT2D eigenvalue weighted by molar-refractivity contribution is 6.35. The van der Waals surface area contributed by atoms with Gasteiger partial charge in [0.1, 0.15) is 5.15 Å². The van der Waals surface area contributed by atoms with E-state index in [1.54, 1.807) is 6.20 Å². The average Bonchev–Trinajstić information content (AvgIpc) is 2.12. The minimum Gasteiger partial charge on any atom is -0.244 e. The molecule has 2 rings (SSSR count). The molecule has 0 aliphatic carbocycles. The molecule has 0 saturated carbocycles. The Balaban J connectivity index is 2.92. The van der Waals surface area contributed by atoms with Gasteiger partial charge in [-0.1, -0.05) is 23.2 Å². The molecule has 0 amide bonds. The number of hydrogen-bond donors (Lipinski definition) is 0. The summed E-state index contributed by atoms with van der Waals surface area (Å²) in [5.41, 5.74) is 1.09. The highest BCUT2D eigenvalue weighted by atomic mass is 35.5. The average molecular weight is 212 g/mol. The van der Waals surface area contributed by atoms with Gasteiger partial charge in [0.25, 0.3) is 0 Å². The van der Waals surface area contributed by atoms with E-state index in [9.17, 15) is 0 Å². The van der Waals surface area contributed by atoms with Crippen LogP contribution in [0, 0.1) is 6.92 Å². The highest BCUT2D eigenvalue weighted by Gasteiger charge is 2.02. The predicted molar refractivity (Wildman–Crippen MR) is 56.5 cm³/mol. The van der Waals surface area contributed by atoms with Crippen LogP contribution in [0.25, 0.3) is 10.8 Å². The van der Waals surface area contributed by atoms with Crippen LogP contribution < -0.4 is 0 Å². The third-order valence-electron chi connectivity index (χ3n) is 2.00. The summed E-state index contributed by atoms with van der Waals surface area (Å²) in [6.07, 6.45) is 1.75. The van der Waals surface area contributed by atoms with Crippen LogP contribution in [0.1, 0.15) is 5.56 Å². The zero-order valence-electron chi connectivity index (χ0n) is 7.01. The van der Waals surface area contributed by atoms with Crippen LogP contribution in [0.4, 0.5) is 0 Å². The normalized spacial score (nSPS) is 10.7. The molecule has 13 heavy (non-hydrogen) atoms. The van der Waals surface area contributed by atoms with Crippen molar-refractivity contribution in [3.63, 3.8) is 0 Å². The molecule has 0 bridgehead atoms. The van der Waals surface area contributed by atoms with E-state index in [0.717, 1.165) is 21.4 Å². The second-order valence-corrected chi connectivity index (χ2v) is 3.72. The zero-order chi connectivity index (χ0) is 9.42. The smallest absolute Gasteiger partial charge is 0.136 e. The Kier molecular flexibility index (Phi) is 2.14. The maximum absolute atomic E-state index is 5.93. The molecular weight excluding hydrogens is 205 g/mol. The Labute approximate surface area is 86.3 Å². The van der Waals surface area contributed by atoms with Gasteiger partial charge in [-0.25, -0.2) is 4.98 Å². The molecule has 0 fully saturated rings. The van der Waals surface area contributed by atoms with Crippen LogP contribution in [0.2, 0.25) is 10.2 Å². The monoisotopic (exact) mass is 211 g/mol. The van der Waals surface area contributed by atoms with Gasteiger partial charge in [-0.15, -0.1) is 0 Å². The molecule has 0 radical (unpaired) electrons. The second kappa shape index (κ2) is 3.17. The summed E-state index contributed by atoms with van der Waals surface area (Å²) in [6.45, 7) is 1.99. The zero-order valence-corrected chi connectivity index (χ0v) is 8.52. The van der Waals surface area contributed by atoms with Gasteiger partial charge in [0.05, 0.1) is 0 Å². The van der Waals surface area contributed by atoms with E-state index >= 15 is 0 Å². The molecule has 0 aliphatic heterocycles. The number of aromatic nitrogens is 1. The lowest BCUT2D eigenvalue weighted by atomic mass is 10.1. The van der Waals surface area contributed by atoms with Crippen molar-refractivity contribution in [2.75, 3.05) is 0 Å². The summed E-state index contributed by atoms with van der Waals surface area (Å²) in [5, 5.41) is 3.26. The van der Waals surface area contributed by atoms with Crippen LogP contribution in [-0.4, -0.2) is 4.98 Å². The van der Waals surface area contributed by atoms with Crippen LogP contribution in [0.5, 0.6) is 0 Å². The van der Waals surface area contributed by atoms with Crippen LogP contribution >= 0.6 is 23.2 Å². The summed E-state index contributed by atoms with van der Waals surface area (Å²) in [5.74, 6) is 0. The van der Waals surface area contributed by atoms with Gasteiger partial charge in [0, 0.05) is 16.6 Å². The Bertz CT molecular complexity index is 466. The maximum atomic E-state index is 5.93. The van der Waals surface area contributed by atoms with Crippen LogP contribution in [0.15, 0.2) is 24.4 Å². The first-order valence-corrected chi connectivity index (χ1v) is 4.64. The molecule has 0 atom stereocenters. The lowest BCUT2D eigenvalue weighted by Gasteiger charge is -2.03. The van der Waals surface area contributed by atoms with E-state index in [-0.39, 0.29) is 0 Å². The van der Waals surface area contributed by atoms with Gasteiger partial charge in [0.2, 0.25) is 0 Å². The van der Waals surface area contributed by atoms with Crippen molar-refractivity contribution in [3.8, 4) is 0 Å². The molecule has 0 spiro atoms. The summed E-state index contributed by atoms with van der Waals surface area (Å²) in [4.78, 5) is 4.06.